The highest BCUT2D eigenvalue weighted by Crippen LogP contribution is 2.46. The van der Waals surface area contributed by atoms with E-state index in [1.807, 2.05) is 0 Å². The molecule has 0 bridgehead atoms. The van der Waals surface area contributed by atoms with Gasteiger partial charge in [-0.2, -0.15) is 13.2 Å². The second-order valence-corrected chi connectivity index (χ2v) is 10.1. The number of imide groups is 1. The SMILES string of the molecule is CN1C(=O)C(C)(C)c2cc(N3CC(C(=O)O)C(=O)N(C4CCc5c4cccc5C(F)(F)F)C3=O)ccc21. The number of aliphatic carboxylic acids is 1. The zero-order valence-corrected chi connectivity index (χ0v) is 20.3. The molecule has 2 aromatic rings. The summed E-state index contributed by atoms with van der Waals surface area (Å²) in [7, 11) is 1.63. The lowest BCUT2D eigenvalue weighted by Crippen LogP contribution is -2.59. The summed E-state index contributed by atoms with van der Waals surface area (Å²) < 4.78 is 40.7. The molecule has 11 heteroatoms. The molecule has 1 fully saturated rings. The molecule has 0 radical (unpaired) electrons. The minimum Gasteiger partial charge on any atom is -0.481 e. The van der Waals surface area contributed by atoms with E-state index >= 15 is 0 Å². The first-order chi connectivity index (χ1) is 17.2. The molecule has 0 aromatic heterocycles. The number of rotatable bonds is 3. The van der Waals surface area contributed by atoms with Gasteiger partial charge in [-0.25, -0.2) is 4.79 Å². The van der Waals surface area contributed by atoms with Gasteiger partial charge in [0.2, 0.25) is 11.8 Å². The van der Waals surface area contributed by atoms with Crippen molar-refractivity contribution in [3.8, 4) is 0 Å². The summed E-state index contributed by atoms with van der Waals surface area (Å²) in [6, 6.07) is 6.64. The van der Waals surface area contributed by atoms with E-state index in [0.29, 0.717) is 16.9 Å². The number of benzene rings is 2. The van der Waals surface area contributed by atoms with Gasteiger partial charge in [-0.15, -0.1) is 0 Å². The van der Waals surface area contributed by atoms with Gasteiger partial charge in [0, 0.05) is 25.0 Å². The fourth-order valence-electron chi connectivity index (χ4n) is 5.71. The van der Waals surface area contributed by atoms with Crippen LogP contribution < -0.4 is 9.80 Å². The van der Waals surface area contributed by atoms with E-state index in [4.69, 9.17) is 0 Å². The van der Waals surface area contributed by atoms with Crippen molar-refractivity contribution in [3.05, 3.63) is 58.7 Å². The number of carboxylic acid groups (broad SMARTS) is 1. The van der Waals surface area contributed by atoms with Gasteiger partial charge in [0.25, 0.3) is 0 Å². The van der Waals surface area contributed by atoms with Crippen LogP contribution >= 0.6 is 0 Å². The highest BCUT2D eigenvalue weighted by atomic mass is 19.4. The Balaban J connectivity index is 1.58. The van der Waals surface area contributed by atoms with Crippen LogP contribution in [0.15, 0.2) is 36.4 Å². The highest BCUT2D eigenvalue weighted by molar-refractivity contribution is 6.13. The molecule has 2 unspecified atom stereocenters. The lowest BCUT2D eigenvalue weighted by Gasteiger charge is -2.40. The van der Waals surface area contributed by atoms with Gasteiger partial charge in [-0.3, -0.25) is 24.2 Å². The van der Waals surface area contributed by atoms with E-state index in [-0.39, 0.29) is 29.9 Å². The largest absolute Gasteiger partial charge is 0.481 e. The number of carbonyl (C=O) groups excluding carboxylic acids is 3. The van der Waals surface area contributed by atoms with Crippen molar-refractivity contribution < 1.29 is 37.5 Å². The minimum absolute atomic E-state index is 0.00503. The number of nitrogens with zero attached hydrogens (tertiary/aromatic N) is 3. The molecule has 2 heterocycles. The Labute approximate surface area is 210 Å². The molecule has 5 rings (SSSR count). The van der Waals surface area contributed by atoms with Crippen LogP contribution in [0, 0.1) is 5.92 Å². The first-order valence-electron chi connectivity index (χ1n) is 11.7. The third-order valence-corrected chi connectivity index (χ3v) is 7.66. The number of hydrogen-bond donors (Lipinski definition) is 1. The third kappa shape index (κ3) is 3.59. The fourth-order valence-corrected chi connectivity index (χ4v) is 5.71. The first kappa shape index (κ1) is 24.8. The molecule has 0 saturated carbocycles. The van der Waals surface area contributed by atoms with E-state index in [1.165, 1.54) is 17.0 Å². The first-order valence-corrected chi connectivity index (χ1v) is 11.7. The molecule has 2 aromatic carbocycles. The number of hydrogen-bond acceptors (Lipinski definition) is 4. The van der Waals surface area contributed by atoms with Crippen LogP contribution in [0.5, 0.6) is 0 Å². The maximum absolute atomic E-state index is 13.7. The molecule has 2 atom stereocenters. The van der Waals surface area contributed by atoms with Gasteiger partial charge >= 0.3 is 18.2 Å². The van der Waals surface area contributed by atoms with E-state index in [1.54, 1.807) is 39.1 Å². The fraction of sp³-hybridized carbons (Fsp3) is 0.385. The molecule has 0 spiro atoms. The molecule has 1 saturated heterocycles. The molecule has 8 nitrogen and oxygen atoms in total. The van der Waals surface area contributed by atoms with Crippen molar-refractivity contribution in [2.45, 2.75) is 44.3 Å². The van der Waals surface area contributed by atoms with Gasteiger partial charge < -0.3 is 10.0 Å². The lowest BCUT2D eigenvalue weighted by molar-refractivity contribution is -0.151. The van der Waals surface area contributed by atoms with Crippen molar-refractivity contribution in [1.29, 1.82) is 0 Å². The smallest absolute Gasteiger partial charge is 0.416 e. The number of carbonyl (C=O) groups is 4. The molecular weight excluding hydrogens is 491 g/mol. The monoisotopic (exact) mass is 515 g/mol. The summed E-state index contributed by atoms with van der Waals surface area (Å²) in [5.74, 6) is -4.14. The summed E-state index contributed by atoms with van der Waals surface area (Å²) in [6.45, 7) is 3.04. The quantitative estimate of drug-likeness (QED) is 0.621. The van der Waals surface area contributed by atoms with E-state index in [0.717, 1.165) is 15.9 Å². The number of alkyl halides is 3. The van der Waals surface area contributed by atoms with E-state index in [9.17, 15) is 37.5 Å². The Morgan fingerprint density at radius 3 is 2.46 bits per heavy atom. The van der Waals surface area contributed by atoms with Crippen LogP contribution in [-0.2, 0) is 32.4 Å². The molecule has 194 valence electrons. The number of amides is 4. The van der Waals surface area contributed by atoms with Crippen LogP contribution in [0.4, 0.5) is 29.3 Å². The number of fused-ring (bicyclic) bond motifs is 2. The topological polar surface area (TPSA) is 98.2 Å². The van der Waals surface area contributed by atoms with E-state index in [2.05, 4.69) is 0 Å². The number of urea groups is 1. The zero-order valence-electron chi connectivity index (χ0n) is 20.3. The average molecular weight is 515 g/mol. The Bertz CT molecular complexity index is 1370. The summed E-state index contributed by atoms with van der Waals surface area (Å²) >= 11 is 0. The Kier molecular flexibility index (Phi) is 5.40. The maximum atomic E-state index is 13.7. The highest BCUT2D eigenvalue weighted by Gasteiger charge is 2.50. The minimum atomic E-state index is -4.60. The second kappa shape index (κ2) is 8.06. The van der Waals surface area contributed by atoms with Crippen LogP contribution in [0.25, 0.3) is 0 Å². The van der Waals surface area contributed by atoms with Crippen LogP contribution in [0.3, 0.4) is 0 Å². The predicted molar refractivity (Wildman–Crippen MR) is 126 cm³/mol. The van der Waals surface area contributed by atoms with Crippen LogP contribution in [0.2, 0.25) is 0 Å². The maximum Gasteiger partial charge on any atom is 0.416 e. The van der Waals surface area contributed by atoms with Gasteiger partial charge in [0.1, 0.15) is 0 Å². The summed E-state index contributed by atoms with van der Waals surface area (Å²) in [5, 5.41) is 9.79. The number of halogens is 3. The van der Waals surface area contributed by atoms with Crippen LogP contribution in [-0.4, -0.2) is 47.4 Å². The molecule has 1 N–H and O–H groups in total. The number of anilines is 2. The van der Waals surface area contributed by atoms with E-state index < -0.39 is 53.6 Å². The Hall–Kier alpha value is -3.89. The lowest BCUT2D eigenvalue weighted by atomic mass is 9.86. The van der Waals surface area contributed by atoms with Crippen molar-refractivity contribution in [2.75, 3.05) is 23.4 Å². The van der Waals surface area contributed by atoms with Gasteiger partial charge in [-0.05, 0) is 67.6 Å². The van der Waals surface area contributed by atoms with Crippen molar-refractivity contribution in [2.24, 2.45) is 5.92 Å². The Morgan fingerprint density at radius 2 is 1.81 bits per heavy atom. The number of likely N-dealkylation sites (N-methyl/N-ethyl adjacent to an activating group) is 1. The second-order valence-electron chi connectivity index (χ2n) is 10.1. The Morgan fingerprint density at radius 1 is 1.11 bits per heavy atom. The summed E-state index contributed by atoms with van der Waals surface area (Å²) in [5.41, 5.74) is 0.0582. The van der Waals surface area contributed by atoms with Gasteiger partial charge in [0.15, 0.2) is 5.92 Å². The average Bonchev–Trinajstić information content (AvgIpc) is 3.32. The molecular formula is C26H24F3N3O5. The molecule has 37 heavy (non-hydrogen) atoms. The molecule has 3 aliphatic rings. The van der Waals surface area contributed by atoms with Gasteiger partial charge in [0.05, 0.1) is 17.0 Å². The molecule has 1 aliphatic carbocycles. The third-order valence-electron chi connectivity index (χ3n) is 7.66. The summed E-state index contributed by atoms with van der Waals surface area (Å²) in [4.78, 5) is 55.1. The van der Waals surface area contributed by atoms with Crippen molar-refractivity contribution in [1.82, 2.24) is 4.90 Å². The zero-order chi connectivity index (χ0) is 27.0. The summed E-state index contributed by atoms with van der Waals surface area (Å²) in [6.07, 6.45) is -4.56. The van der Waals surface area contributed by atoms with Crippen LogP contribution in [0.1, 0.15) is 48.6 Å². The van der Waals surface area contributed by atoms with Crippen molar-refractivity contribution >= 4 is 35.2 Å². The standard InChI is InChI=1S/C26H24F3N3O5/c1-25(2)18-11-13(7-9-20(18)30(3)23(25)36)31-12-16(22(34)35)21(33)32(24(31)37)19-10-8-14-15(19)5-4-6-17(14)26(27,28)29/h4-7,9,11,16,19H,8,10,12H2,1-3H3,(H,34,35). The number of carboxylic acids is 1. The molecule has 4 amide bonds. The predicted octanol–water partition coefficient (Wildman–Crippen LogP) is 4.12. The molecule has 2 aliphatic heterocycles. The van der Waals surface area contributed by atoms with Gasteiger partial charge in [-0.1, -0.05) is 12.1 Å². The van der Waals surface area contributed by atoms with Crippen molar-refractivity contribution in [3.63, 3.8) is 0 Å². The normalized spacial score (nSPS) is 23.0.